The van der Waals surface area contributed by atoms with Crippen molar-refractivity contribution in [3.8, 4) is 0 Å². The zero-order valence-electron chi connectivity index (χ0n) is 16.1. The molecule has 1 aliphatic rings. The molecule has 0 saturated carbocycles. The highest BCUT2D eigenvalue weighted by molar-refractivity contribution is 7.98. The summed E-state index contributed by atoms with van der Waals surface area (Å²) in [5.74, 6) is 1.83. The zero-order chi connectivity index (χ0) is 20.8. The van der Waals surface area contributed by atoms with Gasteiger partial charge in [0, 0.05) is 52.4 Å². The number of amides is 1. The molecule has 1 fully saturated rings. The van der Waals surface area contributed by atoms with Gasteiger partial charge in [0.2, 0.25) is 5.91 Å². The number of carbonyl (C=O) groups excluding carboxylic acids is 1. The lowest BCUT2D eigenvalue weighted by Crippen LogP contribution is -2.30. The highest BCUT2D eigenvalue weighted by atomic mass is 35.5. The largest absolute Gasteiger partial charge is 0.362 e. The van der Waals surface area contributed by atoms with Crippen molar-refractivity contribution in [2.75, 3.05) is 29.1 Å². The standard InChI is InChI=1S/C21H23Cl2N3OS2/c1-14-12-15(7-8-19(14)26-10-3-6-20(26)27)25-21(28)24-9-11-29-13-16-17(22)4-2-5-18(16)23/h2,4-5,7-8,12H,3,6,9-11,13H2,1H3,(H2,24,25,28). The predicted octanol–water partition coefficient (Wildman–Crippen LogP) is 5.65. The molecule has 2 aromatic carbocycles. The van der Waals surface area contributed by atoms with Gasteiger partial charge < -0.3 is 15.5 Å². The van der Waals surface area contributed by atoms with Crippen LogP contribution in [0.2, 0.25) is 10.0 Å². The van der Waals surface area contributed by atoms with Crippen molar-refractivity contribution in [3.05, 3.63) is 57.6 Å². The zero-order valence-corrected chi connectivity index (χ0v) is 19.3. The van der Waals surface area contributed by atoms with E-state index in [1.165, 1.54) is 0 Å². The van der Waals surface area contributed by atoms with E-state index in [4.69, 9.17) is 35.4 Å². The molecule has 1 saturated heterocycles. The van der Waals surface area contributed by atoms with Crippen LogP contribution in [-0.4, -0.2) is 29.9 Å². The highest BCUT2D eigenvalue weighted by Crippen LogP contribution is 2.28. The molecule has 1 amide bonds. The summed E-state index contributed by atoms with van der Waals surface area (Å²) in [5.41, 5.74) is 3.91. The minimum absolute atomic E-state index is 0.196. The maximum atomic E-state index is 12.0. The number of halogens is 2. The Morgan fingerprint density at radius 3 is 2.66 bits per heavy atom. The van der Waals surface area contributed by atoms with E-state index in [0.717, 1.165) is 53.5 Å². The number of anilines is 2. The van der Waals surface area contributed by atoms with E-state index < -0.39 is 0 Å². The van der Waals surface area contributed by atoms with Crippen molar-refractivity contribution in [2.24, 2.45) is 0 Å². The van der Waals surface area contributed by atoms with E-state index >= 15 is 0 Å². The Balaban J connectivity index is 1.42. The molecule has 0 radical (unpaired) electrons. The second-order valence-corrected chi connectivity index (χ2v) is 9.11. The van der Waals surface area contributed by atoms with Gasteiger partial charge in [-0.3, -0.25) is 4.79 Å². The monoisotopic (exact) mass is 467 g/mol. The number of hydrogen-bond acceptors (Lipinski definition) is 3. The normalized spacial score (nSPS) is 13.6. The molecule has 29 heavy (non-hydrogen) atoms. The SMILES string of the molecule is Cc1cc(NC(=S)NCCSCc2c(Cl)cccc2Cl)ccc1N1CCCC1=O. The summed E-state index contributed by atoms with van der Waals surface area (Å²) >= 11 is 19.5. The molecule has 0 unspecified atom stereocenters. The summed E-state index contributed by atoms with van der Waals surface area (Å²) in [6, 6.07) is 11.5. The lowest BCUT2D eigenvalue weighted by atomic mass is 10.1. The lowest BCUT2D eigenvalue weighted by Gasteiger charge is -2.19. The molecule has 154 valence electrons. The number of carbonyl (C=O) groups is 1. The van der Waals surface area contributed by atoms with Crippen LogP contribution in [0.25, 0.3) is 0 Å². The Hall–Kier alpha value is -1.47. The number of nitrogens with zero attached hydrogens (tertiary/aromatic N) is 1. The summed E-state index contributed by atoms with van der Waals surface area (Å²) in [6.07, 6.45) is 1.56. The number of nitrogens with one attached hydrogen (secondary N) is 2. The molecule has 0 aromatic heterocycles. The summed E-state index contributed by atoms with van der Waals surface area (Å²) in [5, 5.41) is 8.39. The van der Waals surface area contributed by atoms with Gasteiger partial charge in [-0.15, -0.1) is 0 Å². The number of rotatable bonds is 7. The molecule has 0 atom stereocenters. The van der Waals surface area contributed by atoms with Crippen LogP contribution in [0.4, 0.5) is 11.4 Å². The topological polar surface area (TPSA) is 44.4 Å². The summed E-state index contributed by atoms with van der Waals surface area (Å²) in [4.78, 5) is 13.8. The third kappa shape index (κ3) is 6.01. The third-order valence-corrected chi connectivity index (χ3v) is 6.60. The first-order valence-electron chi connectivity index (χ1n) is 9.42. The van der Waals surface area contributed by atoms with Gasteiger partial charge in [-0.05, 0) is 67.0 Å². The summed E-state index contributed by atoms with van der Waals surface area (Å²) in [7, 11) is 0. The van der Waals surface area contributed by atoms with Crippen LogP contribution in [0, 0.1) is 6.92 Å². The van der Waals surface area contributed by atoms with Crippen LogP contribution in [0.15, 0.2) is 36.4 Å². The van der Waals surface area contributed by atoms with Gasteiger partial charge in [0.15, 0.2) is 5.11 Å². The highest BCUT2D eigenvalue weighted by Gasteiger charge is 2.22. The Morgan fingerprint density at radius 1 is 1.24 bits per heavy atom. The van der Waals surface area contributed by atoms with Gasteiger partial charge in [-0.1, -0.05) is 29.3 Å². The molecule has 0 spiro atoms. The van der Waals surface area contributed by atoms with Crippen LogP contribution < -0.4 is 15.5 Å². The smallest absolute Gasteiger partial charge is 0.227 e. The Labute approximate surface area is 191 Å². The van der Waals surface area contributed by atoms with Crippen LogP contribution >= 0.6 is 47.2 Å². The van der Waals surface area contributed by atoms with E-state index in [2.05, 4.69) is 10.6 Å². The fourth-order valence-corrected chi connectivity index (χ4v) is 5.01. The van der Waals surface area contributed by atoms with Gasteiger partial charge in [0.05, 0.1) is 0 Å². The predicted molar refractivity (Wildman–Crippen MR) is 130 cm³/mol. The van der Waals surface area contributed by atoms with Crippen molar-refractivity contribution in [2.45, 2.75) is 25.5 Å². The Morgan fingerprint density at radius 2 is 2.00 bits per heavy atom. The number of aryl methyl sites for hydroxylation is 1. The van der Waals surface area contributed by atoms with Crippen LogP contribution in [0.1, 0.15) is 24.0 Å². The van der Waals surface area contributed by atoms with Gasteiger partial charge in [0.1, 0.15) is 0 Å². The number of thioether (sulfide) groups is 1. The average Bonchev–Trinajstić information content (AvgIpc) is 3.09. The number of hydrogen-bond donors (Lipinski definition) is 2. The maximum Gasteiger partial charge on any atom is 0.227 e. The van der Waals surface area contributed by atoms with E-state index in [0.29, 0.717) is 21.6 Å². The van der Waals surface area contributed by atoms with Gasteiger partial charge in [0.25, 0.3) is 0 Å². The fourth-order valence-electron chi connectivity index (χ4n) is 3.20. The number of thiocarbonyl (C=S) groups is 1. The van der Waals surface area contributed by atoms with Crippen LogP contribution in [-0.2, 0) is 10.5 Å². The van der Waals surface area contributed by atoms with Gasteiger partial charge in [-0.2, -0.15) is 11.8 Å². The molecule has 4 nitrogen and oxygen atoms in total. The van der Waals surface area contributed by atoms with Crippen LogP contribution in [0.5, 0.6) is 0 Å². The Kier molecular flexibility index (Phi) is 8.07. The second-order valence-electron chi connectivity index (χ2n) is 6.78. The average molecular weight is 468 g/mol. The van der Waals surface area contributed by atoms with Crippen molar-refractivity contribution < 1.29 is 4.79 Å². The number of benzene rings is 2. The van der Waals surface area contributed by atoms with E-state index in [1.54, 1.807) is 11.8 Å². The quantitative estimate of drug-likeness (QED) is 0.406. The molecule has 0 bridgehead atoms. The fraction of sp³-hybridized carbons (Fsp3) is 0.333. The van der Waals surface area contributed by atoms with Crippen molar-refractivity contribution in [3.63, 3.8) is 0 Å². The van der Waals surface area contributed by atoms with Crippen molar-refractivity contribution in [1.29, 1.82) is 0 Å². The van der Waals surface area contributed by atoms with Crippen molar-refractivity contribution >= 4 is 69.6 Å². The van der Waals surface area contributed by atoms with Crippen LogP contribution in [0.3, 0.4) is 0 Å². The summed E-state index contributed by atoms with van der Waals surface area (Å²) in [6.45, 7) is 3.54. The van der Waals surface area contributed by atoms with Gasteiger partial charge in [-0.25, -0.2) is 0 Å². The molecular weight excluding hydrogens is 445 g/mol. The van der Waals surface area contributed by atoms with E-state index in [9.17, 15) is 4.79 Å². The first-order chi connectivity index (χ1) is 14.0. The minimum atomic E-state index is 0.196. The Bertz CT molecular complexity index is 887. The molecule has 2 aromatic rings. The molecule has 2 N–H and O–H groups in total. The van der Waals surface area contributed by atoms with Gasteiger partial charge >= 0.3 is 0 Å². The van der Waals surface area contributed by atoms with E-state index in [-0.39, 0.29) is 5.91 Å². The summed E-state index contributed by atoms with van der Waals surface area (Å²) < 4.78 is 0. The maximum absolute atomic E-state index is 12.0. The molecule has 1 aliphatic heterocycles. The minimum Gasteiger partial charge on any atom is -0.362 e. The molecular formula is C21H23Cl2N3OS2. The second kappa shape index (κ2) is 10.5. The van der Waals surface area contributed by atoms with Crippen molar-refractivity contribution in [1.82, 2.24) is 5.32 Å². The first-order valence-corrected chi connectivity index (χ1v) is 11.7. The third-order valence-electron chi connectivity index (χ3n) is 4.66. The molecule has 3 rings (SSSR count). The molecule has 1 heterocycles. The van der Waals surface area contributed by atoms with E-state index in [1.807, 2.05) is 48.2 Å². The molecule has 8 heteroatoms. The molecule has 0 aliphatic carbocycles. The first kappa shape index (κ1) is 22.2. The lowest BCUT2D eigenvalue weighted by molar-refractivity contribution is -0.117.